The van der Waals surface area contributed by atoms with Crippen LogP contribution in [0.15, 0.2) is 36.9 Å². The van der Waals surface area contributed by atoms with Gasteiger partial charge >= 0.3 is 10.3 Å². The van der Waals surface area contributed by atoms with Gasteiger partial charge in [-0.3, -0.25) is 9.47 Å². The molecule has 1 aliphatic carbocycles. The lowest BCUT2D eigenvalue weighted by atomic mass is 10.1. The number of ether oxygens (including phenoxy) is 1. The number of rotatable bonds is 5. The number of nitrogens with zero attached hydrogens (tertiary/aromatic N) is 5. The van der Waals surface area contributed by atoms with E-state index < -0.39 is 40.4 Å². The van der Waals surface area contributed by atoms with E-state index >= 15 is 0 Å². The molecular weight excluding hydrogens is 440 g/mol. The van der Waals surface area contributed by atoms with E-state index in [1.54, 1.807) is 0 Å². The maximum absolute atomic E-state index is 11.2. The van der Waals surface area contributed by atoms with Crippen molar-refractivity contribution in [2.45, 2.75) is 49.8 Å². The van der Waals surface area contributed by atoms with E-state index in [1.165, 1.54) is 28.3 Å². The molecule has 3 aliphatic rings. The van der Waals surface area contributed by atoms with E-state index in [1.807, 2.05) is 12.1 Å². The number of imidazole rings is 1. The van der Waals surface area contributed by atoms with Crippen LogP contribution in [0, 0.1) is 0 Å². The Kier molecular flexibility index (Phi) is 4.24. The van der Waals surface area contributed by atoms with E-state index in [4.69, 9.17) is 9.88 Å². The molecule has 0 bridgehead atoms. The number of aliphatic hydroxyl groups excluding tert-OH is 1. The molecule has 13 heteroatoms. The molecule has 1 saturated carbocycles. The molecule has 1 unspecified atom stereocenters. The minimum atomic E-state index is -4.30. The summed E-state index contributed by atoms with van der Waals surface area (Å²) in [4.78, 5) is 15.4. The second-order valence-electron chi connectivity index (χ2n) is 8.35. The van der Waals surface area contributed by atoms with Gasteiger partial charge < -0.3 is 14.9 Å². The predicted molar refractivity (Wildman–Crippen MR) is 108 cm³/mol. The summed E-state index contributed by atoms with van der Waals surface area (Å²) in [6.45, 7) is 2.19. The number of hydrogen-bond acceptors (Lipinski definition) is 10. The Balaban J connectivity index is 1.24. The molecule has 12 nitrogen and oxygen atoms in total. The van der Waals surface area contributed by atoms with Gasteiger partial charge in [-0.2, -0.15) is 8.42 Å². The number of benzene rings is 1. The fourth-order valence-electron chi connectivity index (χ4n) is 4.72. The van der Waals surface area contributed by atoms with Gasteiger partial charge in [-0.15, -0.1) is 0 Å². The number of aliphatic hydroxyl groups is 2. The van der Waals surface area contributed by atoms with Crippen LogP contribution in [-0.2, 0) is 38.9 Å². The Bertz CT molecular complexity index is 1310. The van der Waals surface area contributed by atoms with Crippen LogP contribution in [0.1, 0.15) is 23.0 Å². The molecule has 2 aliphatic heterocycles. The Morgan fingerprint density at radius 1 is 1.22 bits per heavy atom. The van der Waals surface area contributed by atoms with Gasteiger partial charge in [-0.1, -0.05) is 24.3 Å². The fraction of sp³-hybridized carbons (Fsp3) is 0.421. The highest BCUT2D eigenvalue weighted by atomic mass is 32.2. The maximum atomic E-state index is 11.2. The number of aromatic nitrogens is 4. The first-order chi connectivity index (χ1) is 15.3. The van der Waals surface area contributed by atoms with Crippen LogP contribution in [0.2, 0.25) is 0 Å². The van der Waals surface area contributed by atoms with Crippen molar-refractivity contribution in [1.82, 2.24) is 24.4 Å². The Hall–Kier alpha value is -2.52. The highest BCUT2D eigenvalue weighted by Gasteiger charge is 2.79. The van der Waals surface area contributed by atoms with Crippen LogP contribution >= 0.6 is 0 Å². The Morgan fingerprint density at radius 2 is 1.94 bits per heavy atom. The van der Waals surface area contributed by atoms with Gasteiger partial charge in [-0.05, 0) is 11.1 Å². The lowest BCUT2D eigenvalue weighted by Gasteiger charge is -2.23. The first kappa shape index (κ1) is 20.1. The monoisotopic (exact) mass is 460 g/mol. The van der Waals surface area contributed by atoms with Crippen molar-refractivity contribution < 1.29 is 27.6 Å². The summed E-state index contributed by atoms with van der Waals surface area (Å²) >= 11 is 0. The lowest BCUT2D eigenvalue weighted by Crippen LogP contribution is -2.38. The second-order valence-corrected chi connectivity index (χ2v) is 9.53. The van der Waals surface area contributed by atoms with Crippen molar-refractivity contribution in [3.63, 3.8) is 0 Å². The van der Waals surface area contributed by atoms with Crippen LogP contribution in [-0.4, -0.2) is 67.0 Å². The molecule has 0 radical (unpaired) electrons. The number of fused-ring (bicyclic) bond motifs is 3. The minimum absolute atomic E-state index is 0.435. The fourth-order valence-corrected chi connectivity index (χ4v) is 5.26. The largest absolute Gasteiger partial charge is 0.385 e. The summed E-state index contributed by atoms with van der Waals surface area (Å²) in [5, 5.41) is 26.2. The highest BCUT2D eigenvalue weighted by molar-refractivity contribution is 7.84. The van der Waals surface area contributed by atoms with Crippen molar-refractivity contribution in [2.24, 2.45) is 5.14 Å². The van der Waals surface area contributed by atoms with Gasteiger partial charge in [0.15, 0.2) is 17.5 Å². The summed E-state index contributed by atoms with van der Waals surface area (Å²) in [6, 6.07) is 8.27. The molecule has 0 spiro atoms. The standard InChI is InChI=1S/C19H20N6O6S/c20-32(28,29)31-16-15-19(16,27)14(26)18(30-15)25-9-23-13-12(21-8-22-17(13)25)7-24-5-10-3-1-2-4-11(10)6-24/h1-4,8-9,14-16,18,26-27H,5-7H2,(H2,20,28,29)/t14-,15+,16?,18+,19-/m0/s1. The van der Waals surface area contributed by atoms with Crippen LogP contribution < -0.4 is 5.14 Å². The molecule has 0 amide bonds. The smallest absolute Gasteiger partial charge is 0.333 e. The molecule has 3 aromatic rings. The molecular formula is C19H20N6O6S. The molecule has 2 aromatic heterocycles. The van der Waals surface area contributed by atoms with Gasteiger partial charge in [0.2, 0.25) is 0 Å². The number of nitrogens with two attached hydrogens (primary N) is 1. The third-order valence-corrected chi connectivity index (χ3v) is 6.81. The first-order valence-electron chi connectivity index (χ1n) is 9.98. The molecule has 168 valence electrons. The second kappa shape index (κ2) is 6.74. The summed E-state index contributed by atoms with van der Waals surface area (Å²) in [5.74, 6) is 0. The van der Waals surface area contributed by atoms with Gasteiger partial charge in [0, 0.05) is 19.6 Å². The molecule has 6 rings (SSSR count). The SMILES string of the molecule is NS(=O)(=O)OC1[C@H]2O[C@@H](n3cnc4c(CN5Cc6ccccc6C5)ncnc43)[C@H](O)[C@@]12O. The van der Waals surface area contributed by atoms with E-state index in [2.05, 4.69) is 36.2 Å². The molecule has 4 N–H and O–H groups in total. The Labute approximate surface area is 182 Å². The maximum Gasteiger partial charge on any atom is 0.333 e. The van der Waals surface area contributed by atoms with Gasteiger partial charge in [0.05, 0.1) is 12.0 Å². The molecule has 1 aromatic carbocycles. The van der Waals surface area contributed by atoms with Crippen LogP contribution in [0.4, 0.5) is 0 Å². The van der Waals surface area contributed by atoms with Crippen molar-refractivity contribution in [1.29, 1.82) is 0 Å². The quantitative estimate of drug-likeness (QED) is 0.427. The minimum Gasteiger partial charge on any atom is -0.385 e. The molecule has 2 fully saturated rings. The van der Waals surface area contributed by atoms with E-state index in [-0.39, 0.29) is 0 Å². The lowest BCUT2D eigenvalue weighted by molar-refractivity contribution is -0.0888. The average Bonchev–Trinajstić information content (AvgIpc) is 3.16. The highest BCUT2D eigenvalue weighted by Crippen LogP contribution is 2.55. The van der Waals surface area contributed by atoms with Crippen molar-refractivity contribution >= 4 is 21.5 Å². The predicted octanol–water partition coefficient (Wildman–Crippen LogP) is -1.07. The zero-order chi connectivity index (χ0) is 22.3. The summed E-state index contributed by atoms with van der Waals surface area (Å²) in [6.07, 6.45) is -1.91. The summed E-state index contributed by atoms with van der Waals surface area (Å²) < 4.78 is 34.1. The van der Waals surface area contributed by atoms with Crippen LogP contribution in [0.3, 0.4) is 0 Å². The van der Waals surface area contributed by atoms with Crippen molar-refractivity contribution in [3.8, 4) is 0 Å². The normalized spacial score (nSPS) is 31.7. The number of hydrogen-bond donors (Lipinski definition) is 3. The summed E-state index contributed by atoms with van der Waals surface area (Å²) in [5.41, 5.74) is 2.41. The molecule has 4 heterocycles. The van der Waals surface area contributed by atoms with E-state index in [9.17, 15) is 18.6 Å². The topological polar surface area (TPSA) is 166 Å². The van der Waals surface area contributed by atoms with E-state index in [0.29, 0.717) is 17.7 Å². The zero-order valence-electron chi connectivity index (χ0n) is 16.6. The van der Waals surface area contributed by atoms with Crippen LogP contribution in [0.25, 0.3) is 11.2 Å². The van der Waals surface area contributed by atoms with Gasteiger partial charge in [0.25, 0.3) is 0 Å². The van der Waals surface area contributed by atoms with E-state index in [0.717, 1.165) is 18.8 Å². The van der Waals surface area contributed by atoms with Crippen LogP contribution in [0.5, 0.6) is 0 Å². The first-order valence-corrected chi connectivity index (χ1v) is 11.5. The summed E-state index contributed by atoms with van der Waals surface area (Å²) in [7, 11) is -4.30. The van der Waals surface area contributed by atoms with Crippen molar-refractivity contribution in [3.05, 3.63) is 53.7 Å². The Morgan fingerprint density at radius 3 is 2.56 bits per heavy atom. The molecule has 1 saturated heterocycles. The third kappa shape index (κ3) is 2.97. The molecule has 32 heavy (non-hydrogen) atoms. The third-order valence-electron chi connectivity index (χ3n) is 6.33. The van der Waals surface area contributed by atoms with Gasteiger partial charge in [0.1, 0.15) is 30.2 Å². The average molecular weight is 460 g/mol. The van der Waals surface area contributed by atoms with Crippen molar-refractivity contribution in [2.75, 3.05) is 0 Å². The molecule has 5 atom stereocenters. The zero-order valence-corrected chi connectivity index (χ0v) is 17.5. The van der Waals surface area contributed by atoms with Gasteiger partial charge in [-0.25, -0.2) is 24.3 Å².